The predicted molar refractivity (Wildman–Crippen MR) is 142 cm³/mol. The number of aromatic carboxylic acids is 1. The molecule has 1 fully saturated rings. The van der Waals surface area contributed by atoms with Gasteiger partial charge in [0.2, 0.25) is 5.95 Å². The zero-order chi connectivity index (χ0) is 26.0. The number of anilines is 1. The van der Waals surface area contributed by atoms with Crippen LogP contribution in [0.5, 0.6) is 0 Å². The summed E-state index contributed by atoms with van der Waals surface area (Å²) in [5.74, 6) is -2.67. The third-order valence-corrected chi connectivity index (χ3v) is 7.38. The van der Waals surface area contributed by atoms with Crippen molar-refractivity contribution in [2.45, 2.75) is 45.1 Å². The van der Waals surface area contributed by atoms with Crippen LogP contribution in [-0.2, 0) is 18.9 Å². The average molecular weight is 504 g/mol. The van der Waals surface area contributed by atoms with Gasteiger partial charge in [-0.2, -0.15) is 0 Å². The molecule has 0 amide bonds. The Bertz CT molecular complexity index is 1390. The third kappa shape index (κ3) is 5.50. The molecule has 1 aliphatic heterocycles. The van der Waals surface area contributed by atoms with Crippen molar-refractivity contribution in [3.63, 3.8) is 0 Å². The van der Waals surface area contributed by atoms with Gasteiger partial charge < -0.3 is 14.6 Å². The summed E-state index contributed by atoms with van der Waals surface area (Å²) >= 11 is 0. The summed E-state index contributed by atoms with van der Waals surface area (Å²) in [6.45, 7) is 2.78. The lowest BCUT2D eigenvalue weighted by atomic mass is 9.90. The topological polar surface area (TPSA) is 58.4 Å². The fourth-order valence-electron chi connectivity index (χ4n) is 5.34. The van der Waals surface area contributed by atoms with Crippen molar-refractivity contribution in [2.75, 3.05) is 18.0 Å². The minimum absolute atomic E-state index is 0.00965. The molecule has 0 unspecified atom stereocenters. The summed E-state index contributed by atoms with van der Waals surface area (Å²) in [5.41, 5.74) is 3.32. The van der Waals surface area contributed by atoms with Gasteiger partial charge in [-0.05, 0) is 60.9 Å². The van der Waals surface area contributed by atoms with Gasteiger partial charge in [-0.25, -0.2) is 18.6 Å². The highest BCUT2D eigenvalue weighted by Gasteiger charge is 2.29. The quantitative estimate of drug-likeness (QED) is 0.289. The highest BCUT2D eigenvalue weighted by Crippen LogP contribution is 2.33. The van der Waals surface area contributed by atoms with Crippen LogP contribution in [0.2, 0.25) is 0 Å². The predicted octanol–water partition coefficient (Wildman–Crippen LogP) is 6.74. The van der Waals surface area contributed by atoms with Gasteiger partial charge in [0.15, 0.2) is 0 Å². The van der Waals surface area contributed by atoms with Crippen molar-refractivity contribution in [1.82, 2.24) is 9.55 Å². The Balaban J connectivity index is 1.42. The number of hydrogen-bond donors (Lipinski definition) is 1. The lowest BCUT2D eigenvalue weighted by molar-refractivity contribution is 0.0164. The fourth-order valence-corrected chi connectivity index (χ4v) is 5.34. The Labute approximate surface area is 215 Å². The molecule has 0 radical (unpaired) electrons. The highest BCUT2D eigenvalue weighted by atomic mass is 19.3. The molecule has 5 nitrogen and oxygen atoms in total. The van der Waals surface area contributed by atoms with Crippen molar-refractivity contribution in [3.8, 4) is 0 Å². The molecule has 3 aromatic carbocycles. The van der Waals surface area contributed by atoms with Crippen molar-refractivity contribution in [1.29, 1.82) is 0 Å². The minimum Gasteiger partial charge on any atom is -0.478 e. The number of nitrogens with zero attached hydrogens (tertiary/aromatic N) is 3. The van der Waals surface area contributed by atoms with Gasteiger partial charge in [0.1, 0.15) is 0 Å². The first-order valence-corrected chi connectivity index (χ1v) is 12.8. The van der Waals surface area contributed by atoms with Gasteiger partial charge in [-0.15, -0.1) is 0 Å². The molecule has 0 spiro atoms. The number of halogens is 2. The lowest BCUT2D eigenvalue weighted by Crippen LogP contribution is -2.35. The fraction of sp³-hybridized carbons (Fsp3) is 0.333. The summed E-state index contributed by atoms with van der Waals surface area (Å²) in [4.78, 5) is 18.6. The van der Waals surface area contributed by atoms with Crippen molar-refractivity contribution >= 4 is 23.0 Å². The van der Waals surface area contributed by atoms with E-state index < -0.39 is 11.9 Å². The van der Waals surface area contributed by atoms with Gasteiger partial charge in [0.25, 0.3) is 5.92 Å². The molecule has 192 valence electrons. The monoisotopic (exact) mass is 503 g/mol. The maximum atomic E-state index is 14.4. The normalized spacial score (nSPS) is 14.8. The summed E-state index contributed by atoms with van der Waals surface area (Å²) in [6, 6.07) is 21.9. The van der Waals surface area contributed by atoms with Crippen LogP contribution in [0.4, 0.5) is 14.7 Å². The van der Waals surface area contributed by atoms with E-state index in [0.717, 1.165) is 51.2 Å². The number of carboxylic acid groups (broad SMARTS) is 1. The molecule has 1 aromatic heterocycles. The summed E-state index contributed by atoms with van der Waals surface area (Å²) < 4.78 is 30.7. The molecule has 5 rings (SSSR count). The third-order valence-electron chi connectivity index (χ3n) is 7.38. The molecule has 2 heterocycles. The summed E-state index contributed by atoms with van der Waals surface area (Å²) in [7, 11) is 0. The van der Waals surface area contributed by atoms with Crippen LogP contribution >= 0.6 is 0 Å². The number of hydrogen-bond acceptors (Lipinski definition) is 3. The zero-order valence-electron chi connectivity index (χ0n) is 20.9. The van der Waals surface area contributed by atoms with E-state index in [9.17, 15) is 18.7 Å². The molecule has 0 atom stereocenters. The van der Waals surface area contributed by atoms with Gasteiger partial charge in [0.05, 0.1) is 23.1 Å². The molecule has 0 saturated carbocycles. The maximum absolute atomic E-state index is 14.4. The van der Waals surface area contributed by atoms with Crippen molar-refractivity contribution in [2.24, 2.45) is 5.92 Å². The van der Waals surface area contributed by atoms with Crippen LogP contribution in [0.1, 0.15) is 53.2 Å². The Morgan fingerprint density at radius 2 is 1.73 bits per heavy atom. The maximum Gasteiger partial charge on any atom is 0.335 e. The van der Waals surface area contributed by atoms with E-state index >= 15 is 0 Å². The number of fused-ring (bicyclic) bond motifs is 1. The molecule has 1 N–H and O–H groups in total. The molecule has 4 aromatic rings. The standard InChI is InChI=1S/C30H31F2N3O2/c1-30(31,32)25-10-6-5-9-24(25)20-35-27-14-13-23(28(36)37)19-26(27)33-29(35)34-17-15-22(16-18-34)12-11-21-7-3-2-4-8-21/h2-10,13-14,19,22H,11-12,15-18,20H2,1H3,(H,36,37). The minimum atomic E-state index is -2.97. The Kier molecular flexibility index (Phi) is 6.96. The number of rotatable bonds is 8. The molecule has 0 aliphatic carbocycles. The van der Waals surface area contributed by atoms with E-state index in [4.69, 9.17) is 4.98 Å². The van der Waals surface area contributed by atoms with Gasteiger partial charge >= 0.3 is 5.97 Å². The van der Waals surface area contributed by atoms with Gasteiger partial charge in [0, 0.05) is 25.6 Å². The summed E-state index contributed by atoms with van der Waals surface area (Å²) in [5, 5.41) is 9.46. The first-order valence-electron chi connectivity index (χ1n) is 12.8. The second kappa shape index (κ2) is 10.3. The van der Waals surface area contributed by atoms with Crippen LogP contribution in [0.3, 0.4) is 0 Å². The molecule has 0 bridgehead atoms. The van der Waals surface area contributed by atoms with Gasteiger partial charge in [-0.3, -0.25) is 0 Å². The van der Waals surface area contributed by atoms with Crippen molar-refractivity contribution in [3.05, 3.63) is 95.1 Å². The molecular weight excluding hydrogens is 472 g/mol. The number of imidazole rings is 1. The number of alkyl halides is 2. The number of aromatic nitrogens is 2. The SMILES string of the molecule is CC(F)(F)c1ccccc1Cn1c(N2CCC(CCc3ccccc3)CC2)nc2cc(C(=O)O)ccc21. The van der Waals surface area contributed by atoms with Crippen LogP contribution in [0, 0.1) is 5.92 Å². The number of aryl methyl sites for hydroxylation is 1. The van der Waals surface area contributed by atoms with E-state index in [-0.39, 0.29) is 17.7 Å². The Morgan fingerprint density at radius 1 is 1.03 bits per heavy atom. The zero-order valence-corrected chi connectivity index (χ0v) is 20.9. The van der Waals surface area contributed by atoms with Crippen LogP contribution in [0.15, 0.2) is 72.8 Å². The lowest BCUT2D eigenvalue weighted by Gasteiger charge is -2.33. The number of piperidine rings is 1. The van der Waals surface area contributed by atoms with Crippen LogP contribution in [-0.4, -0.2) is 33.7 Å². The smallest absolute Gasteiger partial charge is 0.335 e. The first kappa shape index (κ1) is 24.9. The van der Waals surface area contributed by atoms with E-state index in [0.29, 0.717) is 22.9 Å². The number of benzene rings is 3. The van der Waals surface area contributed by atoms with Crippen molar-refractivity contribution < 1.29 is 18.7 Å². The summed E-state index contributed by atoms with van der Waals surface area (Å²) in [6.07, 6.45) is 4.25. The van der Waals surface area contributed by atoms with E-state index in [1.54, 1.807) is 36.4 Å². The second-order valence-corrected chi connectivity index (χ2v) is 10.0. The second-order valence-electron chi connectivity index (χ2n) is 10.0. The average Bonchev–Trinajstić information content (AvgIpc) is 3.25. The first-order chi connectivity index (χ1) is 17.8. The van der Waals surface area contributed by atoms with E-state index in [2.05, 4.69) is 29.2 Å². The Hall–Kier alpha value is -3.74. The molecule has 1 aliphatic rings. The largest absolute Gasteiger partial charge is 0.478 e. The van der Waals surface area contributed by atoms with E-state index in [1.165, 1.54) is 11.6 Å². The van der Waals surface area contributed by atoms with Gasteiger partial charge in [-0.1, -0.05) is 54.6 Å². The number of carbonyl (C=O) groups is 1. The van der Waals surface area contributed by atoms with Crippen LogP contribution in [0.25, 0.3) is 11.0 Å². The molecule has 1 saturated heterocycles. The number of carboxylic acids is 1. The molecule has 7 heteroatoms. The molecule has 37 heavy (non-hydrogen) atoms. The highest BCUT2D eigenvalue weighted by molar-refractivity contribution is 5.93. The Morgan fingerprint density at radius 3 is 2.43 bits per heavy atom. The van der Waals surface area contributed by atoms with E-state index in [1.807, 2.05) is 10.6 Å². The molecular formula is C30H31F2N3O2. The van der Waals surface area contributed by atoms with Crippen LogP contribution < -0.4 is 4.90 Å².